The van der Waals surface area contributed by atoms with Gasteiger partial charge < -0.3 is 10.6 Å². The van der Waals surface area contributed by atoms with Crippen molar-refractivity contribution in [1.29, 1.82) is 0 Å². The first-order valence-electron chi connectivity index (χ1n) is 9.31. The first kappa shape index (κ1) is 24.7. The van der Waals surface area contributed by atoms with E-state index in [-0.39, 0.29) is 35.1 Å². The lowest BCUT2D eigenvalue weighted by Crippen LogP contribution is -2.39. The molecule has 0 aromatic heterocycles. The minimum Gasteiger partial charge on any atom is -0.357 e. The molecule has 0 unspecified atom stereocenters. The first-order chi connectivity index (χ1) is 12.3. The Kier molecular flexibility index (Phi) is 10.6. The number of guanidine groups is 1. The molecule has 1 saturated carbocycles. The van der Waals surface area contributed by atoms with E-state index < -0.39 is 9.84 Å². The van der Waals surface area contributed by atoms with Crippen LogP contribution in [0, 0.1) is 0 Å². The van der Waals surface area contributed by atoms with Gasteiger partial charge in [0, 0.05) is 29.2 Å². The van der Waals surface area contributed by atoms with Gasteiger partial charge in [0.25, 0.3) is 0 Å². The smallest absolute Gasteiger partial charge is 0.191 e. The summed E-state index contributed by atoms with van der Waals surface area (Å²) in [7, 11) is -2.91. The van der Waals surface area contributed by atoms with E-state index in [1.807, 2.05) is 6.92 Å². The largest absolute Gasteiger partial charge is 0.357 e. The number of nitrogens with one attached hydrogen (secondary N) is 2. The van der Waals surface area contributed by atoms with Gasteiger partial charge in [-0.1, -0.05) is 40.9 Å². The summed E-state index contributed by atoms with van der Waals surface area (Å²) in [4.78, 5) is 4.83. The number of benzene rings is 1. The summed E-state index contributed by atoms with van der Waals surface area (Å²) >= 11 is 3.51. The lowest BCUT2D eigenvalue weighted by atomic mass is 9.79. The second-order valence-electron chi connectivity index (χ2n) is 7.10. The van der Waals surface area contributed by atoms with Crippen LogP contribution in [-0.2, 0) is 15.3 Å². The van der Waals surface area contributed by atoms with E-state index in [2.05, 4.69) is 50.8 Å². The average molecular weight is 572 g/mol. The van der Waals surface area contributed by atoms with Gasteiger partial charge in [-0.25, -0.2) is 8.42 Å². The Bertz CT molecular complexity index is 702. The Hall–Kier alpha value is -0.350. The molecule has 0 aliphatic heterocycles. The Labute approximate surface area is 189 Å². The number of aliphatic imine (C=N–C) groups is 1. The van der Waals surface area contributed by atoms with Crippen molar-refractivity contribution in [1.82, 2.24) is 10.6 Å². The summed E-state index contributed by atoms with van der Waals surface area (Å²) in [5.41, 5.74) is 1.46. The third-order valence-corrected chi connectivity index (χ3v) is 6.44. The van der Waals surface area contributed by atoms with Crippen molar-refractivity contribution in [3.63, 3.8) is 0 Å². The van der Waals surface area contributed by atoms with Crippen LogP contribution in [0.5, 0.6) is 0 Å². The van der Waals surface area contributed by atoms with Gasteiger partial charge in [-0.2, -0.15) is 0 Å². The van der Waals surface area contributed by atoms with Crippen LogP contribution < -0.4 is 10.6 Å². The first-order valence-corrected chi connectivity index (χ1v) is 12.2. The average Bonchev–Trinajstić information content (AvgIpc) is 3.06. The number of hydrogen-bond donors (Lipinski definition) is 2. The predicted octanol–water partition coefficient (Wildman–Crippen LogP) is 3.87. The second-order valence-corrected chi connectivity index (χ2v) is 10.3. The van der Waals surface area contributed by atoms with Crippen LogP contribution in [0.4, 0.5) is 0 Å². The molecule has 0 amide bonds. The van der Waals surface area contributed by atoms with Crippen LogP contribution in [0.1, 0.15) is 44.6 Å². The molecular formula is C19H31BrIN3O2S. The molecule has 2 N–H and O–H groups in total. The molecule has 0 bridgehead atoms. The zero-order chi connectivity index (χ0) is 19.0. The maximum atomic E-state index is 11.2. The minimum atomic E-state index is -2.91. The fourth-order valence-electron chi connectivity index (χ4n) is 3.51. The molecule has 1 fully saturated rings. The third kappa shape index (κ3) is 8.27. The van der Waals surface area contributed by atoms with Crippen LogP contribution in [0.2, 0.25) is 0 Å². The monoisotopic (exact) mass is 571 g/mol. The molecule has 154 valence electrons. The van der Waals surface area contributed by atoms with Crippen molar-refractivity contribution >= 4 is 55.7 Å². The maximum Gasteiger partial charge on any atom is 0.191 e. The summed E-state index contributed by atoms with van der Waals surface area (Å²) in [5.74, 6) is 0.965. The zero-order valence-electron chi connectivity index (χ0n) is 16.1. The van der Waals surface area contributed by atoms with Crippen LogP contribution in [0.3, 0.4) is 0 Å². The third-order valence-electron chi connectivity index (χ3n) is 4.89. The quantitative estimate of drug-likeness (QED) is 0.215. The van der Waals surface area contributed by atoms with Gasteiger partial charge in [-0.15, -0.1) is 24.0 Å². The molecular weight excluding hydrogens is 541 g/mol. The predicted molar refractivity (Wildman–Crippen MR) is 128 cm³/mol. The van der Waals surface area contributed by atoms with Crippen LogP contribution >= 0.6 is 39.9 Å². The van der Waals surface area contributed by atoms with E-state index in [1.54, 1.807) is 0 Å². The van der Waals surface area contributed by atoms with Gasteiger partial charge in [0.1, 0.15) is 9.84 Å². The van der Waals surface area contributed by atoms with Crippen molar-refractivity contribution in [3.8, 4) is 0 Å². The fourth-order valence-corrected chi connectivity index (χ4v) is 4.44. The van der Waals surface area contributed by atoms with Gasteiger partial charge in [-0.05, 0) is 43.9 Å². The normalized spacial score (nSPS) is 16.6. The van der Waals surface area contributed by atoms with E-state index >= 15 is 0 Å². The van der Waals surface area contributed by atoms with Crippen LogP contribution in [0.15, 0.2) is 33.7 Å². The SMILES string of the molecule is CCNC(=NCC1(c2ccc(Br)cc2)CCCC1)NCCCS(C)(=O)=O.I. The van der Waals surface area contributed by atoms with E-state index in [0.29, 0.717) is 13.0 Å². The summed E-state index contributed by atoms with van der Waals surface area (Å²) in [5, 5.41) is 6.53. The van der Waals surface area contributed by atoms with Crippen LogP contribution in [0.25, 0.3) is 0 Å². The molecule has 0 atom stereocenters. The van der Waals surface area contributed by atoms with E-state index in [4.69, 9.17) is 4.99 Å². The highest BCUT2D eigenvalue weighted by molar-refractivity contribution is 14.0. The lowest BCUT2D eigenvalue weighted by molar-refractivity contribution is 0.452. The molecule has 0 saturated heterocycles. The van der Waals surface area contributed by atoms with Crippen molar-refractivity contribution in [3.05, 3.63) is 34.3 Å². The number of halogens is 2. The maximum absolute atomic E-state index is 11.2. The number of rotatable bonds is 8. The summed E-state index contributed by atoms with van der Waals surface area (Å²) in [6.45, 7) is 4.16. The molecule has 1 aliphatic carbocycles. The van der Waals surface area contributed by atoms with Crippen molar-refractivity contribution in [2.24, 2.45) is 4.99 Å². The zero-order valence-corrected chi connectivity index (χ0v) is 20.9. The van der Waals surface area contributed by atoms with Gasteiger partial charge in [-0.3, -0.25) is 4.99 Å². The topological polar surface area (TPSA) is 70.6 Å². The molecule has 2 rings (SSSR count). The number of sulfone groups is 1. The Balaban J connectivity index is 0.00000364. The highest BCUT2D eigenvalue weighted by atomic mass is 127. The Morgan fingerprint density at radius 1 is 1.19 bits per heavy atom. The second kappa shape index (κ2) is 11.6. The molecule has 8 heteroatoms. The highest BCUT2D eigenvalue weighted by Crippen LogP contribution is 2.41. The van der Waals surface area contributed by atoms with Gasteiger partial charge in [0.2, 0.25) is 0 Å². The van der Waals surface area contributed by atoms with E-state index in [1.165, 1.54) is 24.7 Å². The fraction of sp³-hybridized carbons (Fsp3) is 0.632. The molecule has 0 spiro atoms. The molecule has 1 aromatic rings. The lowest BCUT2D eigenvalue weighted by Gasteiger charge is -2.28. The van der Waals surface area contributed by atoms with Gasteiger partial charge >= 0.3 is 0 Å². The Morgan fingerprint density at radius 3 is 2.37 bits per heavy atom. The summed E-state index contributed by atoms with van der Waals surface area (Å²) in [6.07, 6.45) is 6.65. The summed E-state index contributed by atoms with van der Waals surface area (Å²) < 4.78 is 23.6. The number of hydrogen-bond acceptors (Lipinski definition) is 3. The minimum absolute atomic E-state index is 0. The number of nitrogens with zero attached hydrogens (tertiary/aromatic N) is 1. The van der Waals surface area contributed by atoms with E-state index in [9.17, 15) is 8.42 Å². The molecule has 0 radical (unpaired) electrons. The Morgan fingerprint density at radius 2 is 1.81 bits per heavy atom. The molecule has 5 nitrogen and oxygen atoms in total. The van der Waals surface area contributed by atoms with Crippen molar-refractivity contribution in [2.75, 3.05) is 31.6 Å². The highest BCUT2D eigenvalue weighted by Gasteiger charge is 2.35. The van der Waals surface area contributed by atoms with E-state index in [0.717, 1.165) is 36.4 Å². The summed E-state index contributed by atoms with van der Waals surface area (Å²) in [6, 6.07) is 8.62. The molecule has 1 aromatic carbocycles. The van der Waals surface area contributed by atoms with Gasteiger partial charge in [0.15, 0.2) is 5.96 Å². The molecule has 27 heavy (non-hydrogen) atoms. The molecule has 1 aliphatic rings. The molecule has 0 heterocycles. The van der Waals surface area contributed by atoms with Crippen molar-refractivity contribution in [2.45, 2.75) is 44.4 Å². The van der Waals surface area contributed by atoms with Crippen molar-refractivity contribution < 1.29 is 8.42 Å². The van der Waals surface area contributed by atoms with Crippen LogP contribution in [-0.4, -0.2) is 46.0 Å². The van der Waals surface area contributed by atoms with Gasteiger partial charge in [0.05, 0.1) is 12.3 Å². The standard InChI is InChI=1S/C19H30BrN3O2S.HI/c1-3-21-18(22-13-6-14-26(2,24)25)23-15-19(11-4-5-12-19)16-7-9-17(20)10-8-16;/h7-10H,3-6,11-15H2,1-2H3,(H2,21,22,23);1H.